The van der Waals surface area contributed by atoms with E-state index in [9.17, 15) is 0 Å². The van der Waals surface area contributed by atoms with Gasteiger partial charge in [0.2, 0.25) is 0 Å². The number of furan rings is 1. The Morgan fingerprint density at radius 3 is 3.00 bits per heavy atom. The molecule has 2 heterocycles. The highest BCUT2D eigenvalue weighted by Gasteiger charge is 2.01. The Kier molecular flexibility index (Phi) is 1.13. The Morgan fingerprint density at radius 1 is 1.15 bits per heavy atom. The summed E-state index contributed by atoms with van der Waals surface area (Å²) < 4.78 is 5.32. The third-order valence-electron chi connectivity index (χ3n) is 2.33. The molecule has 0 radical (unpaired) electrons. The lowest BCUT2D eigenvalue weighted by atomic mass is 10.2. The average molecular weight is 171 g/mol. The summed E-state index contributed by atoms with van der Waals surface area (Å²) in [6.07, 6.45) is 1.72. The number of aromatic amines is 1. The molecule has 0 atom stereocenters. The van der Waals surface area contributed by atoms with Crippen molar-refractivity contribution in [3.05, 3.63) is 36.2 Å². The van der Waals surface area contributed by atoms with Crippen LogP contribution in [0.15, 0.2) is 34.9 Å². The van der Waals surface area contributed by atoms with Gasteiger partial charge in [-0.15, -0.1) is 0 Å². The maximum absolute atomic E-state index is 5.32. The molecule has 13 heavy (non-hydrogen) atoms. The Morgan fingerprint density at radius 2 is 2.08 bits per heavy atom. The highest BCUT2D eigenvalue weighted by Crippen LogP contribution is 2.23. The molecule has 0 saturated carbocycles. The van der Waals surface area contributed by atoms with Crippen LogP contribution in [0.1, 0.15) is 5.69 Å². The molecule has 3 aromatic rings. The monoisotopic (exact) mass is 171 g/mol. The fourth-order valence-electron chi connectivity index (χ4n) is 1.73. The summed E-state index contributed by atoms with van der Waals surface area (Å²) >= 11 is 0. The summed E-state index contributed by atoms with van der Waals surface area (Å²) in [5.74, 6) is 0. The highest BCUT2D eigenvalue weighted by molar-refractivity contribution is 5.94. The number of hydrogen-bond acceptors (Lipinski definition) is 1. The minimum absolute atomic E-state index is 0.950. The fourth-order valence-corrected chi connectivity index (χ4v) is 1.73. The number of H-pyrrole nitrogens is 1. The number of benzene rings is 1. The first-order valence-electron chi connectivity index (χ1n) is 4.29. The van der Waals surface area contributed by atoms with E-state index in [1.54, 1.807) is 6.26 Å². The third-order valence-corrected chi connectivity index (χ3v) is 2.33. The molecule has 2 aromatic heterocycles. The molecule has 0 aliphatic carbocycles. The van der Waals surface area contributed by atoms with Crippen LogP contribution in [-0.4, -0.2) is 4.98 Å². The molecule has 2 nitrogen and oxygen atoms in total. The van der Waals surface area contributed by atoms with Crippen molar-refractivity contribution >= 4 is 21.9 Å². The number of nitrogens with one attached hydrogen (secondary N) is 1. The average Bonchev–Trinajstić information content (AvgIpc) is 2.63. The fraction of sp³-hybridized carbons (Fsp3) is 0.0909. The number of hydrogen-bond donors (Lipinski definition) is 1. The van der Waals surface area contributed by atoms with Crippen LogP contribution in [0, 0.1) is 6.92 Å². The van der Waals surface area contributed by atoms with E-state index in [2.05, 4.69) is 30.1 Å². The molecular weight excluding hydrogens is 162 g/mol. The highest BCUT2D eigenvalue weighted by atomic mass is 16.3. The van der Waals surface area contributed by atoms with Gasteiger partial charge in [0, 0.05) is 22.0 Å². The van der Waals surface area contributed by atoms with Gasteiger partial charge in [0.1, 0.15) is 5.58 Å². The van der Waals surface area contributed by atoms with Crippen LogP contribution in [0.25, 0.3) is 21.9 Å². The molecule has 64 valence electrons. The van der Waals surface area contributed by atoms with Gasteiger partial charge in [-0.3, -0.25) is 0 Å². The van der Waals surface area contributed by atoms with Crippen LogP contribution in [0.2, 0.25) is 0 Å². The van der Waals surface area contributed by atoms with E-state index < -0.39 is 0 Å². The topological polar surface area (TPSA) is 28.9 Å². The molecular formula is C11H9NO. The number of rotatable bonds is 0. The second-order valence-electron chi connectivity index (χ2n) is 3.35. The van der Waals surface area contributed by atoms with Gasteiger partial charge in [0.05, 0.1) is 6.26 Å². The van der Waals surface area contributed by atoms with Crippen LogP contribution in [0.3, 0.4) is 0 Å². The van der Waals surface area contributed by atoms with Crippen molar-refractivity contribution in [2.45, 2.75) is 6.92 Å². The van der Waals surface area contributed by atoms with E-state index in [1.165, 1.54) is 16.6 Å². The molecule has 2 heteroatoms. The van der Waals surface area contributed by atoms with Gasteiger partial charge in [-0.2, -0.15) is 0 Å². The van der Waals surface area contributed by atoms with E-state index in [4.69, 9.17) is 4.42 Å². The zero-order chi connectivity index (χ0) is 8.84. The summed E-state index contributed by atoms with van der Waals surface area (Å²) in [6.45, 7) is 2.06. The van der Waals surface area contributed by atoms with Gasteiger partial charge >= 0.3 is 0 Å². The predicted molar refractivity (Wildman–Crippen MR) is 52.8 cm³/mol. The third kappa shape index (κ3) is 0.886. The molecule has 0 amide bonds. The van der Waals surface area contributed by atoms with Crippen LogP contribution in [0.5, 0.6) is 0 Å². The first-order chi connectivity index (χ1) is 6.33. The standard InChI is InChI=1S/C11H9NO/c1-7-4-9-6-11-8(2-3-13-11)5-10(9)12-7/h2-6,12H,1H3. The largest absolute Gasteiger partial charge is 0.464 e. The van der Waals surface area contributed by atoms with Crippen LogP contribution >= 0.6 is 0 Å². The zero-order valence-corrected chi connectivity index (χ0v) is 7.29. The second-order valence-corrected chi connectivity index (χ2v) is 3.35. The summed E-state index contributed by atoms with van der Waals surface area (Å²) in [5, 5.41) is 2.36. The SMILES string of the molecule is Cc1cc2cc3occc3cc2[nH]1. The van der Waals surface area contributed by atoms with Crippen molar-refractivity contribution in [1.82, 2.24) is 4.98 Å². The van der Waals surface area contributed by atoms with Crippen molar-refractivity contribution in [1.29, 1.82) is 0 Å². The van der Waals surface area contributed by atoms with E-state index in [-0.39, 0.29) is 0 Å². The van der Waals surface area contributed by atoms with E-state index >= 15 is 0 Å². The number of aryl methyl sites for hydroxylation is 1. The minimum Gasteiger partial charge on any atom is -0.464 e. The molecule has 0 fully saturated rings. The maximum atomic E-state index is 5.32. The first kappa shape index (κ1) is 6.78. The van der Waals surface area contributed by atoms with Crippen LogP contribution in [-0.2, 0) is 0 Å². The predicted octanol–water partition coefficient (Wildman–Crippen LogP) is 3.22. The molecule has 1 aromatic carbocycles. The van der Waals surface area contributed by atoms with Crippen LogP contribution in [0.4, 0.5) is 0 Å². The second kappa shape index (κ2) is 2.16. The van der Waals surface area contributed by atoms with E-state index in [0.29, 0.717) is 0 Å². The molecule has 0 unspecified atom stereocenters. The Balaban J connectivity index is 2.54. The number of aromatic nitrogens is 1. The molecule has 0 bridgehead atoms. The van der Waals surface area contributed by atoms with Crippen molar-refractivity contribution in [2.75, 3.05) is 0 Å². The lowest BCUT2D eigenvalue weighted by Gasteiger charge is -1.89. The normalized spacial score (nSPS) is 11.5. The van der Waals surface area contributed by atoms with E-state index in [1.807, 2.05) is 6.07 Å². The molecule has 3 rings (SSSR count). The maximum Gasteiger partial charge on any atom is 0.134 e. The van der Waals surface area contributed by atoms with Crippen molar-refractivity contribution in [2.24, 2.45) is 0 Å². The molecule has 0 aliphatic heterocycles. The van der Waals surface area contributed by atoms with Gasteiger partial charge in [0.15, 0.2) is 0 Å². The first-order valence-corrected chi connectivity index (χ1v) is 4.29. The number of fused-ring (bicyclic) bond motifs is 2. The molecule has 0 spiro atoms. The Labute approximate surface area is 75.2 Å². The molecule has 1 N–H and O–H groups in total. The van der Waals surface area contributed by atoms with Gasteiger partial charge in [-0.25, -0.2) is 0 Å². The lowest BCUT2D eigenvalue weighted by Crippen LogP contribution is -1.68. The summed E-state index contributed by atoms with van der Waals surface area (Å²) in [4.78, 5) is 3.30. The van der Waals surface area contributed by atoms with Gasteiger partial charge < -0.3 is 9.40 Å². The lowest BCUT2D eigenvalue weighted by molar-refractivity contribution is 0.616. The van der Waals surface area contributed by atoms with Crippen molar-refractivity contribution in [3.8, 4) is 0 Å². The Hall–Kier alpha value is -1.70. The zero-order valence-electron chi connectivity index (χ0n) is 7.29. The van der Waals surface area contributed by atoms with Gasteiger partial charge in [-0.05, 0) is 31.2 Å². The van der Waals surface area contributed by atoms with Gasteiger partial charge in [-0.1, -0.05) is 0 Å². The van der Waals surface area contributed by atoms with Gasteiger partial charge in [0.25, 0.3) is 0 Å². The quantitative estimate of drug-likeness (QED) is 0.552. The van der Waals surface area contributed by atoms with Crippen LogP contribution < -0.4 is 0 Å². The smallest absolute Gasteiger partial charge is 0.134 e. The molecule has 0 saturated heterocycles. The Bertz CT molecular complexity index is 526. The van der Waals surface area contributed by atoms with Crippen molar-refractivity contribution < 1.29 is 4.42 Å². The summed E-state index contributed by atoms with van der Waals surface area (Å²) in [6, 6.07) is 8.28. The van der Waals surface area contributed by atoms with Crippen molar-refractivity contribution in [3.63, 3.8) is 0 Å². The molecule has 0 aliphatic rings. The summed E-state index contributed by atoms with van der Waals surface area (Å²) in [7, 11) is 0. The summed E-state index contributed by atoms with van der Waals surface area (Å²) in [5.41, 5.74) is 3.31. The van der Waals surface area contributed by atoms with E-state index in [0.717, 1.165) is 11.0 Å². The minimum atomic E-state index is 0.950.